The van der Waals surface area contributed by atoms with Crippen molar-refractivity contribution in [2.24, 2.45) is 0 Å². The maximum atomic E-state index is 8.92. The first-order valence-electron chi connectivity index (χ1n) is 2.60. The van der Waals surface area contributed by atoms with Gasteiger partial charge in [-0.25, -0.2) is 0 Å². The quantitative estimate of drug-likeness (QED) is 0.497. The lowest BCUT2D eigenvalue weighted by Gasteiger charge is -1.94. The Morgan fingerprint density at radius 1 is 1.22 bits per heavy atom. The predicted molar refractivity (Wildman–Crippen MR) is 35.7 cm³/mol. The van der Waals surface area contributed by atoms with Crippen LogP contribution in [0.4, 0.5) is 0 Å². The highest BCUT2D eigenvalue weighted by Gasteiger charge is 1.96. The molecule has 0 aliphatic rings. The summed E-state index contributed by atoms with van der Waals surface area (Å²) in [4.78, 5) is 0. The minimum atomic E-state index is 0.0972. The Labute approximate surface area is 54.0 Å². The van der Waals surface area contributed by atoms with E-state index in [0.717, 1.165) is 7.48 Å². The monoisotopic (exact) mass is 121 g/mol. The normalized spacial score (nSPS) is 9.00. The molecule has 2 N–H and O–H groups in total. The van der Waals surface area contributed by atoms with Crippen LogP contribution in [0, 0.1) is 0 Å². The summed E-state index contributed by atoms with van der Waals surface area (Å²) in [7, 11) is 0.870. The Bertz CT molecular complexity index is 200. The summed E-state index contributed by atoms with van der Waals surface area (Å²) in [6, 6.07) is 6.57. The van der Waals surface area contributed by atoms with Gasteiger partial charge in [0.05, 0.1) is 0 Å². The Morgan fingerprint density at radius 3 is 2.33 bits per heavy atom. The van der Waals surface area contributed by atoms with E-state index in [1.54, 1.807) is 18.2 Å². The third-order valence-corrected chi connectivity index (χ3v) is 1.08. The molecular formula is C6H6BO2. The molecule has 0 spiro atoms. The van der Waals surface area contributed by atoms with Gasteiger partial charge in [0.2, 0.25) is 0 Å². The average Bonchev–Trinajstić information content (AvgIpc) is 1.89. The number of phenolic OH excluding ortho intramolecular Hbond substituents is 1. The molecule has 0 amide bonds. The highest BCUT2D eigenvalue weighted by Crippen LogP contribution is 2.00. The Kier molecular flexibility index (Phi) is 1.75. The molecule has 0 aliphatic heterocycles. The number of hydrogen-bond donors (Lipinski definition) is 2. The number of aromatic hydroxyl groups is 1. The lowest BCUT2D eigenvalue weighted by atomic mass is 9.88. The lowest BCUT2D eigenvalue weighted by molar-refractivity contribution is 0.478. The summed E-state index contributed by atoms with van der Waals surface area (Å²) in [5, 5.41) is 17.4. The number of para-hydroxylation sites is 1. The van der Waals surface area contributed by atoms with E-state index in [-0.39, 0.29) is 5.75 Å². The molecule has 1 aromatic carbocycles. The van der Waals surface area contributed by atoms with Crippen LogP contribution in [0.2, 0.25) is 0 Å². The molecule has 1 aromatic rings. The van der Waals surface area contributed by atoms with Crippen molar-refractivity contribution in [3.05, 3.63) is 24.3 Å². The highest BCUT2D eigenvalue weighted by atomic mass is 16.3. The van der Waals surface area contributed by atoms with Crippen molar-refractivity contribution >= 4 is 12.9 Å². The molecule has 0 heterocycles. The summed E-state index contributed by atoms with van der Waals surface area (Å²) in [6.45, 7) is 0. The van der Waals surface area contributed by atoms with Gasteiger partial charge in [0.1, 0.15) is 5.75 Å². The van der Waals surface area contributed by atoms with Gasteiger partial charge in [-0.3, -0.25) is 0 Å². The van der Waals surface area contributed by atoms with Gasteiger partial charge < -0.3 is 10.1 Å². The summed E-state index contributed by atoms with van der Waals surface area (Å²) in [5.74, 6) is 0.0972. The molecule has 0 saturated heterocycles. The third kappa shape index (κ3) is 1.24. The van der Waals surface area contributed by atoms with Crippen LogP contribution in [0.1, 0.15) is 0 Å². The molecule has 0 bridgehead atoms. The second-order valence-corrected chi connectivity index (χ2v) is 1.69. The number of hydrogen-bond acceptors (Lipinski definition) is 2. The zero-order valence-corrected chi connectivity index (χ0v) is 4.78. The topological polar surface area (TPSA) is 40.5 Å². The van der Waals surface area contributed by atoms with Gasteiger partial charge in [0.25, 0.3) is 0 Å². The molecule has 0 aromatic heterocycles. The molecule has 1 rings (SSSR count). The van der Waals surface area contributed by atoms with E-state index in [1.165, 1.54) is 6.07 Å². The standard InChI is InChI=1S/C6H6BO2/c8-6-4-2-1-3-5(6)7-9/h1-4,8-9H. The molecule has 9 heavy (non-hydrogen) atoms. The summed E-state index contributed by atoms with van der Waals surface area (Å²) < 4.78 is 0. The van der Waals surface area contributed by atoms with E-state index >= 15 is 0 Å². The summed E-state index contributed by atoms with van der Waals surface area (Å²) in [5.41, 5.74) is 0.442. The SMILES string of the molecule is O[B]c1ccccc1O. The van der Waals surface area contributed by atoms with Gasteiger partial charge in [-0.1, -0.05) is 18.2 Å². The summed E-state index contributed by atoms with van der Waals surface area (Å²) >= 11 is 0. The number of benzene rings is 1. The van der Waals surface area contributed by atoms with Gasteiger partial charge in [0.15, 0.2) is 0 Å². The number of phenols is 1. The van der Waals surface area contributed by atoms with E-state index in [0.29, 0.717) is 5.46 Å². The second kappa shape index (κ2) is 2.55. The minimum absolute atomic E-state index is 0.0972. The molecule has 0 saturated carbocycles. The van der Waals surface area contributed by atoms with E-state index in [1.807, 2.05) is 0 Å². The molecule has 45 valence electrons. The molecule has 0 unspecified atom stereocenters. The maximum absolute atomic E-state index is 8.92. The van der Waals surface area contributed by atoms with Gasteiger partial charge in [-0.2, -0.15) is 0 Å². The van der Waals surface area contributed by atoms with Crippen molar-refractivity contribution in [2.45, 2.75) is 0 Å². The zero-order valence-electron chi connectivity index (χ0n) is 4.78. The van der Waals surface area contributed by atoms with Crippen LogP contribution in [0.3, 0.4) is 0 Å². The summed E-state index contributed by atoms with van der Waals surface area (Å²) in [6.07, 6.45) is 0. The highest BCUT2D eigenvalue weighted by molar-refractivity contribution is 6.46. The number of rotatable bonds is 1. The fraction of sp³-hybridized carbons (Fsp3) is 0. The molecule has 0 aliphatic carbocycles. The van der Waals surface area contributed by atoms with Gasteiger partial charge >= 0.3 is 7.48 Å². The molecule has 0 atom stereocenters. The molecule has 2 nitrogen and oxygen atoms in total. The Hall–Kier alpha value is -0.955. The minimum Gasteiger partial charge on any atom is -0.508 e. The van der Waals surface area contributed by atoms with E-state index in [2.05, 4.69) is 0 Å². The molecule has 0 fully saturated rings. The van der Waals surface area contributed by atoms with E-state index in [4.69, 9.17) is 10.1 Å². The lowest BCUT2D eigenvalue weighted by Crippen LogP contribution is -2.12. The van der Waals surface area contributed by atoms with Gasteiger partial charge in [-0.15, -0.1) is 0 Å². The van der Waals surface area contributed by atoms with Crippen molar-refractivity contribution in [2.75, 3.05) is 0 Å². The second-order valence-electron chi connectivity index (χ2n) is 1.69. The Morgan fingerprint density at radius 2 is 1.89 bits per heavy atom. The van der Waals surface area contributed by atoms with Crippen LogP contribution in [-0.4, -0.2) is 17.6 Å². The van der Waals surface area contributed by atoms with Crippen LogP contribution in [0.25, 0.3) is 0 Å². The fourth-order valence-electron chi connectivity index (χ4n) is 0.597. The molecular weight excluding hydrogens is 115 g/mol. The molecule has 3 heteroatoms. The first-order valence-corrected chi connectivity index (χ1v) is 2.60. The average molecular weight is 121 g/mol. The third-order valence-electron chi connectivity index (χ3n) is 1.08. The van der Waals surface area contributed by atoms with Crippen LogP contribution in [-0.2, 0) is 0 Å². The van der Waals surface area contributed by atoms with Crippen molar-refractivity contribution in [3.63, 3.8) is 0 Å². The van der Waals surface area contributed by atoms with Crippen molar-refractivity contribution in [3.8, 4) is 5.75 Å². The van der Waals surface area contributed by atoms with Gasteiger partial charge in [-0.05, 0) is 11.5 Å². The zero-order chi connectivity index (χ0) is 6.69. The fourth-order valence-corrected chi connectivity index (χ4v) is 0.597. The Balaban J connectivity index is 3.01. The van der Waals surface area contributed by atoms with Crippen LogP contribution >= 0.6 is 0 Å². The van der Waals surface area contributed by atoms with Crippen LogP contribution < -0.4 is 5.46 Å². The van der Waals surface area contributed by atoms with Gasteiger partial charge in [0, 0.05) is 0 Å². The largest absolute Gasteiger partial charge is 0.508 e. The van der Waals surface area contributed by atoms with Crippen molar-refractivity contribution in [1.82, 2.24) is 0 Å². The van der Waals surface area contributed by atoms with Crippen molar-refractivity contribution < 1.29 is 10.1 Å². The smallest absolute Gasteiger partial charge is 0.330 e. The van der Waals surface area contributed by atoms with E-state index < -0.39 is 0 Å². The molecule has 1 radical (unpaired) electrons. The van der Waals surface area contributed by atoms with E-state index in [9.17, 15) is 0 Å². The maximum Gasteiger partial charge on any atom is 0.330 e. The van der Waals surface area contributed by atoms with Crippen LogP contribution in [0.5, 0.6) is 5.75 Å². The first-order chi connectivity index (χ1) is 4.34. The van der Waals surface area contributed by atoms with Crippen molar-refractivity contribution in [1.29, 1.82) is 0 Å². The predicted octanol–water partition coefficient (Wildman–Crippen LogP) is -0.371. The van der Waals surface area contributed by atoms with Crippen LogP contribution in [0.15, 0.2) is 24.3 Å². The first kappa shape index (κ1) is 6.17.